The normalized spacial score (nSPS) is 14.8. The van der Waals surface area contributed by atoms with Crippen LogP contribution in [0.1, 0.15) is 36.2 Å². The minimum Gasteiger partial charge on any atom is -0.385 e. The zero-order valence-electron chi connectivity index (χ0n) is 13.7. The molecular weight excluding hydrogens is 266 g/mol. The number of aromatic nitrogens is 2. The van der Waals surface area contributed by atoms with E-state index in [9.17, 15) is 0 Å². The second kappa shape index (κ2) is 8.51. The van der Waals surface area contributed by atoms with Crippen LogP contribution in [-0.4, -0.2) is 49.3 Å². The number of hydrogen-bond acceptors (Lipinski definition) is 4. The number of ether oxygens (including phenoxy) is 2. The fourth-order valence-electron chi connectivity index (χ4n) is 2.56. The lowest BCUT2D eigenvalue weighted by Crippen LogP contribution is -2.19. The molecule has 1 aromatic heterocycles. The lowest BCUT2D eigenvalue weighted by molar-refractivity contribution is 0.0958. The molecule has 5 nitrogen and oxygen atoms in total. The molecule has 1 aliphatic rings. The summed E-state index contributed by atoms with van der Waals surface area (Å²) in [5, 5.41) is 8.21. The molecule has 0 spiro atoms. The first-order chi connectivity index (χ1) is 10.2. The summed E-state index contributed by atoms with van der Waals surface area (Å²) in [4.78, 5) is 0. The van der Waals surface area contributed by atoms with Gasteiger partial charge in [-0.15, -0.1) is 0 Å². The Morgan fingerprint density at radius 1 is 1.24 bits per heavy atom. The van der Waals surface area contributed by atoms with Crippen molar-refractivity contribution in [3.05, 3.63) is 17.0 Å². The third-order valence-electron chi connectivity index (χ3n) is 4.00. The predicted molar refractivity (Wildman–Crippen MR) is 83.7 cm³/mol. The standard InChI is InChI=1S/C16H29N3O2/c1-13-16(7-8-17-15-5-6-15)14(2)19(18-13)9-12-21-11-4-10-20-3/h15,17H,4-12H2,1-3H3. The first kappa shape index (κ1) is 16.5. The topological polar surface area (TPSA) is 48.3 Å². The third-order valence-corrected chi connectivity index (χ3v) is 4.00. The molecule has 0 unspecified atom stereocenters. The highest BCUT2D eigenvalue weighted by Gasteiger charge is 2.20. The summed E-state index contributed by atoms with van der Waals surface area (Å²) in [6.07, 6.45) is 4.71. The minimum absolute atomic E-state index is 0.714. The molecule has 1 fully saturated rings. The molecule has 0 saturated heterocycles. The van der Waals surface area contributed by atoms with Crippen LogP contribution in [0.15, 0.2) is 0 Å². The van der Waals surface area contributed by atoms with Crippen molar-refractivity contribution in [3.8, 4) is 0 Å². The molecule has 1 aromatic rings. The van der Waals surface area contributed by atoms with Crippen LogP contribution < -0.4 is 5.32 Å². The van der Waals surface area contributed by atoms with Crippen LogP contribution >= 0.6 is 0 Å². The first-order valence-electron chi connectivity index (χ1n) is 8.05. The Kier molecular flexibility index (Phi) is 6.67. The monoisotopic (exact) mass is 295 g/mol. The third kappa shape index (κ3) is 5.41. The summed E-state index contributed by atoms with van der Waals surface area (Å²) < 4.78 is 12.7. The molecule has 2 rings (SSSR count). The van der Waals surface area contributed by atoms with Crippen molar-refractivity contribution in [1.29, 1.82) is 0 Å². The van der Waals surface area contributed by atoms with E-state index in [1.807, 2.05) is 0 Å². The van der Waals surface area contributed by atoms with Gasteiger partial charge in [0.25, 0.3) is 0 Å². The number of methoxy groups -OCH3 is 1. The predicted octanol–water partition coefficient (Wildman–Crippen LogP) is 1.85. The molecule has 1 N–H and O–H groups in total. The number of nitrogens with zero attached hydrogens (tertiary/aromatic N) is 2. The van der Waals surface area contributed by atoms with Crippen LogP contribution in [0.2, 0.25) is 0 Å². The van der Waals surface area contributed by atoms with Crippen LogP contribution in [0.5, 0.6) is 0 Å². The van der Waals surface area contributed by atoms with Crippen molar-refractivity contribution >= 4 is 0 Å². The van der Waals surface area contributed by atoms with Crippen molar-refractivity contribution in [1.82, 2.24) is 15.1 Å². The second-order valence-electron chi connectivity index (χ2n) is 5.81. The zero-order chi connectivity index (χ0) is 15.1. The van der Waals surface area contributed by atoms with Gasteiger partial charge in [-0.05, 0) is 51.6 Å². The molecule has 1 aliphatic carbocycles. The van der Waals surface area contributed by atoms with E-state index in [1.54, 1.807) is 7.11 Å². The maximum atomic E-state index is 5.61. The van der Waals surface area contributed by atoms with E-state index in [0.717, 1.165) is 50.9 Å². The van der Waals surface area contributed by atoms with Crippen molar-refractivity contribution in [3.63, 3.8) is 0 Å². The molecule has 5 heteroatoms. The zero-order valence-corrected chi connectivity index (χ0v) is 13.7. The smallest absolute Gasteiger partial charge is 0.0662 e. The maximum absolute atomic E-state index is 5.61. The second-order valence-corrected chi connectivity index (χ2v) is 5.81. The van der Waals surface area contributed by atoms with Crippen LogP contribution in [-0.2, 0) is 22.4 Å². The van der Waals surface area contributed by atoms with Gasteiger partial charge in [-0.3, -0.25) is 4.68 Å². The van der Waals surface area contributed by atoms with Gasteiger partial charge < -0.3 is 14.8 Å². The molecule has 0 atom stereocenters. The van der Waals surface area contributed by atoms with E-state index in [-0.39, 0.29) is 0 Å². The summed E-state index contributed by atoms with van der Waals surface area (Å²) in [7, 11) is 1.72. The molecule has 0 aromatic carbocycles. The highest BCUT2D eigenvalue weighted by Crippen LogP contribution is 2.19. The van der Waals surface area contributed by atoms with Gasteiger partial charge in [0.1, 0.15) is 0 Å². The summed E-state index contributed by atoms with van der Waals surface area (Å²) in [6.45, 7) is 8.39. The number of aryl methyl sites for hydroxylation is 1. The Hall–Kier alpha value is -0.910. The molecule has 1 saturated carbocycles. The van der Waals surface area contributed by atoms with E-state index in [0.29, 0.717) is 6.61 Å². The fourth-order valence-corrected chi connectivity index (χ4v) is 2.56. The van der Waals surface area contributed by atoms with Gasteiger partial charge in [-0.1, -0.05) is 0 Å². The van der Waals surface area contributed by atoms with Gasteiger partial charge in [-0.25, -0.2) is 0 Å². The van der Waals surface area contributed by atoms with Crippen molar-refractivity contribution in [2.24, 2.45) is 0 Å². The van der Waals surface area contributed by atoms with Crippen molar-refractivity contribution in [2.75, 3.05) is 33.5 Å². The molecule has 120 valence electrons. The van der Waals surface area contributed by atoms with E-state index >= 15 is 0 Å². The van der Waals surface area contributed by atoms with Gasteiger partial charge in [0, 0.05) is 32.1 Å². The summed E-state index contributed by atoms with van der Waals surface area (Å²) >= 11 is 0. The summed E-state index contributed by atoms with van der Waals surface area (Å²) in [6, 6.07) is 0.779. The largest absolute Gasteiger partial charge is 0.385 e. The maximum Gasteiger partial charge on any atom is 0.0662 e. The molecule has 0 aliphatic heterocycles. The minimum atomic E-state index is 0.714. The molecule has 0 amide bonds. The molecule has 1 heterocycles. The Bertz CT molecular complexity index is 427. The molecule has 21 heavy (non-hydrogen) atoms. The van der Waals surface area contributed by atoms with E-state index in [4.69, 9.17) is 9.47 Å². The first-order valence-corrected chi connectivity index (χ1v) is 8.05. The highest BCUT2D eigenvalue weighted by atomic mass is 16.5. The lowest BCUT2D eigenvalue weighted by atomic mass is 10.1. The number of rotatable bonds is 11. The quantitative estimate of drug-likeness (QED) is 0.633. The van der Waals surface area contributed by atoms with Crippen LogP contribution in [0.4, 0.5) is 0 Å². The van der Waals surface area contributed by atoms with Gasteiger partial charge in [-0.2, -0.15) is 5.10 Å². The number of hydrogen-bond donors (Lipinski definition) is 1. The van der Waals surface area contributed by atoms with E-state index in [1.165, 1.54) is 24.1 Å². The van der Waals surface area contributed by atoms with E-state index < -0.39 is 0 Å². The highest BCUT2D eigenvalue weighted by molar-refractivity contribution is 5.24. The summed E-state index contributed by atoms with van der Waals surface area (Å²) in [5.74, 6) is 0. The number of nitrogens with one attached hydrogen (secondary N) is 1. The van der Waals surface area contributed by atoms with Crippen LogP contribution in [0.3, 0.4) is 0 Å². The van der Waals surface area contributed by atoms with Gasteiger partial charge in [0.05, 0.1) is 18.8 Å². The van der Waals surface area contributed by atoms with Crippen molar-refractivity contribution < 1.29 is 9.47 Å². The van der Waals surface area contributed by atoms with Gasteiger partial charge in [0.15, 0.2) is 0 Å². The Balaban J connectivity index is 1.71. The average molecular weight is 295 g/mol. The Labute approximate surface area is 128 Å². The fraction of sp³-hybridized carbons (Fsp3) is 0.812. The van der Waals surface area contributed by atoms with E-state index in [2.05, 4.69) is 28.9 Å². The lowest BCUT2D eigenvalue weighted by Gasteiger charge is -2.07. The van der Waals surface area contributed by atoms with Crippen molar-refractivity contribution in [2.45, 2.75) is 52.1 Å². The molecule has 0 radical (unpaired) electrons. The van der Waals surface area contributed by atoms with Crippen LogP contribution in [0, 0.1) is 13.8 Å². The Morgan fingerprint density at radius 3 is 2.76 bits per heavy atom. The SMILES string of the molecule is COCCCOCCn1nc(C)c(CCNC2CC2)c1C. The van der Waals surface area contributed by atoms with Crippen LogP contribution in [0.25, 0.3) is 0 Å². The summed E-state index contributed by atoms with van der Waals surface area (Å²) in [5.41, 5.74) is 3.83. The molecule has 0 bridgehead atoms. The molecular formula is C16H29N3O2. The van der Waals surface area contributed by atoms with Gasteiger partial charge >= 0.3 is 0 Å². The Morgan fingerprint density at radius 2 is 2.05 bits per heavy atom. The average Bonchev–Trinajstić information content (AvgIpc) is 3.25. The van der Waals surface area contributed by atoms with Gasteiger partial charge in [0.2, 0.25) is 0 Å².